The Hall–Kier alpha value is -2.27. The average Bonchev–Trinajstić information content (AvgIpc) is 2.46. The molecule has 0 aliphatic heterocycles. The molecule has 1 N–H and O–H groups in total. The van der Waals surface area contributed by atoms with Crippen molar-refractivity contribution in [3.63, 3.8) is 0 Å². The van der Waals surface area contributed by atoms with Crippen molar-refractivity contribution >= 4 is 18.1 Å². The predicted octanol–water partition coefficient (Wildman–Crippen LogP) is 4.14. The Kier molecular flexibility index (Phi) is 8.99. The van der Waals surface area contributed by atoms with Crippen LogP contribution in [0.2, 0.25) is 0 Å². The molecule has 2 unspecified atom stereocenters. The van der Waals surface area contributed by atoms with Crippen molar-refractivity contribution in [1.82, 2.24) is 10.2 Å². The van der Waals surface area contributed by atoms with Crippen LogP contribution in [-0.4, -0.2) is 60.8 Å². The molecule has 0 aromatic rings. The van der Waals surface area contributed by atoms with Crippen LogP contribution in [0.3, 0.4) is 0 Å². The highest BCUT2D eigenvalue weighted by Crippen LogP contribution is 2.24. The summed E-state index contributed by atoms with van der Waals surface area (Å²) in [6.07, 6.45) is -10.8. The first-order chi connectivity index (χ1) is 12.5. The fraction of sp³-hybridized carbons (Fsp3) is 0.688. The van der Waals surface area contributed by atoms with Gasteiger partial charge in [-0.15, -0.1) is 0 Å². The van der Waals surface area contributed by atoms with Gasteiger partial charge in [0.05, 0.1) is 12.5 Å². The molecule has 162 valence electrons. The molecule has 28 heavy (non-hydrogen) atoms. The molecule has 0 aromatic heterocycles. The van der Waals surface area contributed by atoms with E-state index in [2.05, 4.69) is 21.9 Å². The fourth-order valence-electron chi connectivity index (χ4n) is 1.71. The van der Waals surface area contributed by atoms with Gasteiger partial charge in [-0.2, -0.15) is 26.3 Å². The molecule has 0 spiro atoms. The van der Waals surface area contributed by atoms with Crippen molar-refractivity contribution < 1.29 is 35.9 Å². The number of hydrogen-bond donors (Lipinski definition) is 1. The Labute approximate surface area is 159 Å². The molecule has 0 fully saturated rings. The molecule has 0 saturated heterocycles. The number of amides is 1. The van der Waals surface area contributed by atoms with Crippen LogP contribution in [0.5, 0.6) is 0 Å². The quantitative estimate of drug-likeness (QED) is 0.305. The lowest BCUT2D eigenvalue weighted by Gasteiger charge is -2.31. The number of alkyl halides is 6. The first-order valence-electron chi connectivity index (χ1n) is 8.04. The molecule has 0 aromatic carbocycles. The highest BCUT2D eigenvalue weighted by atomic mass is 19.4. The Morgan fingerprint density at radius 2 is 1.75 bits per heavy atom. The van der Waals surface area contributed by atoms with Crippen LogP contribution in [0, 0.1) is 5.92 Å². The smallest absolute Gasteiger partial charge is 0.444 e. The second kappa shape index (κ2) is 9.78. The monoisotopic (exact) mass is 418 g/mol. The number of ether oxygens (including phenoxy) is 1. The molecule has 6 nitrogen and oxygen atoms in total. The molecule has 1 amide bonds. The Bertz CT molecular complexity index is 593. The lowest BCUT2D eigenvalue weighted by molar-refractivity contribution is -0.149. The van der Waals surface area contributed by atoms with Gasteiger partial charge in [0, 0.05) is 19.5 Å². The fourth-order valence-corrected chi connectivity index (χ4v) is 1.71. The number of carbonyl (C=O) groups excluding carboxylic acids is 1. The summed E-state index contributed by atoms with van der Waals surface area (Å²) >= 11 is 0. The van der Waals surface area contributed by atoms with Crippen LogP contribution >= 0.6 is 0 Å². The highest BCUT2D eigenvalue weighted by Gasteiger charge is 2.41. The number of nitrogens with one attached hydrogen (secondary N) is 1. The summed E-state index contributed by atoms with van der Waals surface area (Å²) in [7, 11) is 0.959. The second-order valence-electron chi connectivity index (χ2n) is 6.75. The van der Waals surface area contributed by atoms with Gasteiger partial charge in [-0.25, -0.2) is 9.79 Å². The summed E-state index contributed by atoms with van der Waals surface area (Å²) in [6, 6.07) is 0. The van der Waals surface area contributed by atoms with Crippen molar-refractivity contribution in [2.45, 2.75) is 51.8 Å². The standard InChI is InChI=1S/C16H24F6N4O2/c1-7-24-12(16(20,21)22)26(6)11(25-13(27)28-14(3,4)5)9-23-8-10(2)15(17,18)19/h7-8,10-11H,1,9H2,2-6H3,(H,25,27). The number of nitrogens with zero attached hydrogens (tertiary/aromatic N) is 3. The zero-order valence-electron chi connectivity index (χ0n) is 16.1. The van der Waals surface area contributed by atoms with Gasteiger partial charge in [0.2, 0.25) is 5.84 Å². The normalized spacial score (nSPS) is 15.9. The van der Waals surface area contributed by atoms with E-state index in [4.69, 9.17) is 4.74 Å². The Morgan fingerprint density at radius 3 is 2.14 bits per heavy atom. The van der Waals surface area contributed by atoms with Gasteiger partial charge < -0.3 is 9.64 Å². The highest BCUT2D eigenvalue weighted by molar-refractivity contribution is 5.88. The predicted molar refractivity (Wildman–Crippen MR) is 93.2 cm³/mol. The SMILES string of the molecule is C=CN=C(N(C)C(CN=CC(C)C(F)(F)F)NC(=O)OC(C)(C)C)C(F)(F)F. The number of likely N-dealkylation sites (N-methyl/N-ethyl adjacent to an activating group) is 1. The zero-order chi connectivity index (χ0) is 22.3. The number of amidine groups is 1. The van der Waals surface area contributed by atoms with E-state index < -0.39 is 48.5 Å². The molecule has 0 aliphatic rings. The summed E-state index contributed by atoms with van der Waals surface area (Å²) in [5.41, 5.74) is -0.941. The number of rotatable bonds is 6. The van der Waals surface area contributed by atoms with Gasteiger partial charge in [0.15, 0.2) is 0 Å². The molecule has 0 heterocycles. The maximum absolute atomic E-state index is 13.2. The van der Waals surface area contributed by atoms with Crippen molar-refractivity contribution in [1.29, 1.82) is 0 Å². The van der Waals surface area contributed by atoms with Gasteiger partial charge in [-0.1, -0.05) is 6.58 Å². The number of carbonyl (C=O) groups is 1. The molecule has 0 bridgehead atoms. The summed E-state index contributed by atoms with van der Waals surface area (Å²) in [5, 5.41) is 2.15. The number of alkyl carbamates (subject to hydrolysis) is 1. The van der Waals surface area contributed by atoms with Crippen molar-refractivity contribution in [3.05, 3.63) is 12.8 Å². The van der Waals surface area contributed by atoms with Crippen molar-refractivity contribution in [2.75, 3.05) is 13.6 Å². The molecular formula is C16H24F6N4O2. The van der Waals surface area contributed by atoms with Crippen LogP contribution < -0.4 is 5.32 Å². The van der Waals surface area contributed by atoms with E-state index in [1.807, 2.05) is 0 Å². The molecule has 0 aliphatic carbocycles. The molecule has 0 rings (SSSR count). The minimum absolute atomic E-state index is 0.529. The van der Waals surface area contributed by atoms with Crippen LogP contribution in [0.1, 0.15) is 27.7 Å². The third-order valence-electron chi connectivity index (χ3n) is 3.08. The molecular weight excluding hydrogens is 394 g/mol. The van der Waals surface area contributed by atoms with E-state index in [0.717, 1.165) is 14.0 Å². The van der Waals surface area contributed by atoms with E-state index in [0.29, 0.717) is 17.3 Å². The van der Waals surface area contributed by atoms with Gasteiger partial charge in [0.25, 0.3) is 0 Å². The van der Waals surface area contributed by atoms with E-state index >= 15 is 0 Å². The maximum atomic E-state index is 13.2. The lowest BCUT2D eigenvalue weighted by Crippen LogP contribution is -2.55. The van der Waals surface area contributed by atoms with Gasteiger partial charge in [0.1, 0.15) is 11.8 Å². The topological polar surface area (TPSA) is 66.3 Å². The van der Waals surface area contributed by atoms with Crippen molar-refractivity contribution in [2.24, 2.45) is 15.9 Å². The molecule has 0 radical (unpaired) electrons. The first-order valence-corrected chi connectivity index (χ1v) is 8.04. The number of hydrogen-bond acceptors (Lipinski definition) is 4. The Balaban J connectivity index is 5.59. The van der Waals surface area contributed by atoms with E-state index in [9.17, 15) is 31.1 Å². The molecule has 2 atom stereocenters. The van der Waals surface area contributed by atoms with E-state index in [1.165, 1.54) is 20.8 Å². The zero-order valence-corrected chi connectivity index (χ0v) is 16.1. The summed E-state index contributed by atoms with van der Waals surface area (Å²) in [5.74, 6) is -3.33. The average molecular weight is 418 g/mol. The van der Waals surface area contributed by atoms with Crippen LogP contribution in [0.15, 0.2) is 22.8 Å². The maximum Gasteiger partial charge on any atom is 0.449 e. The van der Waals surface area contributed by atoms with Gasteiger partial charge in [-0.3, -0.25) is 10.3 Å². The second-order valence-corrected chi connectivity index (χ2v) is 6.75. The minimum Gasteiger partial charge on any atom is -0.444 e. The van der Waals surface area contributed by atoms with Crippen LogP contribution in [0.4, 0.5) is 31.1 Å². The molecule has 12 heteroatoms. The van der Waals surface area contributed by atoms with Crippen LogP contribution in [0.25, 0.3) is 0 Å². The third kappa shape index (κ3) is 9.60. The van der Waals surface area contributed by atoms with E-state index in [-0.39, 0.29) is 0 Å². The van der Waals surface area contributed by atoms with E-state index in [1.54, 1.807) is 0 Å². The summed E-state index contributed by atoms with van der Waals surface area (Å²) < 4.78 is 82.1. The third-order valence-corrected chi connectivity index (χ3v) is 3.08. The number of aliphatic imine (C=N–C) groups is 2. The van der Waals surface area contributed by atoms with Gasteiger partial charge >= 0.3 is 18.4 Å². The summed E-state index contributed by atoms with van der Waals surface area (Å²) in [6.45, 7) is 7.93. The Morgan fingerprint density at radius 1 is 1.21 bits per heavy atom. The minimum atomic E-state index is -4.90. The van der Waals surface area contributed by atoms with Gasteiger partial charge in [-0.05, 0) is 27.7 Å². The largest absolute Gasteiger partial charge is 0.449 e. The van der Waals surface area contributed by atoms with Crippen molar-refractivity contribution in [3.8, 4) is 0 Å². The van der Waals surface area contributed by atoms with Crippen LogP contribution in [-0.2, 0) is 4.74 Å². The summed E-state index contributed by atoms with van der Waals surface area (Å²) in [4.78, 5) is 19.1. The number of halogens is 6. The molecule has 0 saturated carbocycles. The first kappa shape index (κ1) is 25.7. The lowest BCUT2D eigenvalue weighted by atomic mass is 10.2.